The lowest BCUT2D eigenvalue weighted by molar-refractivity contribution is -0.00833. The summed E-state index contributed by atoms with van der Waals surface area (Å²) < 4.78 is 69.6. The van der Waals surface area contributed by atoms with Crippen molar-refractivity contribution in [1.29, 1.82) is 0 Å². The number of fused-ring (bicyclic) bond motifs is 1. The highest BCUT2D eigenvalue weighted by atomic mass is 35.5. The molecule has 1 aliphatic heterocycles. The summed E-state index contributed by atoms with van der Waals surface area (Å²) >= 11 is 5.94. The number of anilines is 1. The molecule has 3 aromatic carbocycles. The van der Waals surface area contributed by atoms with Crippen LogP contribution in [-0.2, 0) is 24.8 Å². The maximum atomic E-state index is 14.4. The van der Waals surface area contributed by atoms with Gasteiger partial charge in [0.15, 0.2) is 0 Å². The predicted molar refractivity (Wildman–Crippen MR) is 190 cm³/mol. The van der Waals surface area contributed by atoms with E-state index in [1.807, 2.05) is 20.8 Å². The number of nitrogens with one attached hydrogen (secondary N) is 1. The highest BCUT2D eigenvalue weighted by Crippen LogP contribution is 2.30. The standard InChI is InChI=1S/C35H46ClN3O8S2/c1-24-9-14-31(15-10-24)49(44,45)38(5)22-34-25(2)21-39(26(3)23-40)35(41)32-20-29(37-48(42,43)30-16-11-28(36)12-17-30)13-18-33(32)47-27(4)8-6-7-19-46-34/h9-18,20,25-27,34,37,40H,6-8,19,21-23H2,1-5H3/t25-,26-,27-,34+/m0/s1. The normalized spacial score (nSPS) is 20.6. The van der Waals surface area contributed by atoms with E-state index in [1.54, 1.807) is 37.3 Å². The molecule has 0 spiro atoms. The number of halogens is 1. The lowest BCUT2D eigenvalue weighted by Gasteiger charge is -2.35. The fourth-order valence-corrected chi connectivity index (χ4v) is 7.88. The smallest absolute Gasteiger partial charge is 0.261 e. The Morgan fingerprint density at radius 3 is 2.31 bits per heavy atom. The summed E-state index contributed by atoms with van der Waals surface area (Å²) in [4.78, 5) is 16.0. The van der Waals surface area contributed by atoms with E-state index in [9.17, 15) is 26.7 Å². The molecule has 0 saturated carbocycles. The number of aliphatic hydroxyl groups excluding tert-OH is 1. The van der Waals surface area contributed by atoms with Crippen molar-refractivity contribution in [2.75, 3.05) is 38.1 Å². The third kappa shape index (κ3) is 9.95. The van der Waals surface area contributed by atoms with Crippen LogP contribution in [-0.4, -0.2) is 88.7 Å². The Hall–Kier alpha value is -3.20. The van der Waals surface area contributed by atoms with Crippen LogP contribution >= 0.6 is 11.6 Å². The van der Waals surface area contributed by atoms with Gasteiger partial charge in [-0.05, 0) is 94.6 Å². The van der Waals surface area contributed by atoms with Crippen LogP contribution in [0.25, 0.3) is 0 Å². The molecule has 14 heteroatoms. The minimum Gasteiger partial charge on any atom is -0.490 e. The Morgan fingerprint density at radius 2 is 1.65 bits per heavy atom. The first-order valence-corrected chi connectivity index (χ1v) is 19.6. The van der Waals surface area contributed by atoms with E-state index >= 15 is 0 Å². The molecule has 11 nitrogen and oxygen atoms in total. The molecular weight excluding hydrogens is 690 g/mol. The van der Waals surface area contributed by atoms with Crippen LogP contribution < -0.4 is 9.46 Å². The lowest BCUT2D eigenvalue weighted by Crippen LogP contribution is -2.48. The maximum Gasteiger partial charge on any atom is 0.261 e. The van der Waals surface area contributed by atoms with Gasteiger partial charge in [-0.2, -0.15) is 4.31 Å². The second kappa shape index (κ2) is 16.7. The zero-order valence-corrected chi connectivity index (χ0v) is 30.9. The van der Waals surface area contributed by atoms with Gasteiger partial charge in [0.25, 0.3) is 15.9 Å². The topological polar surface area (TPSA) is 143 Å². The van der Waals surface area contributed by atoms with Gasteiger partial charge in [-0.15, -0.1) is 0 Å². The van der Waals surface area contributed by atoms with Gasteiger partial charge in [0.2, 0.25) is 10.0 Å². The van der Waals surface area contributed by atoms with Crippen molar-refractivity contribution in [3.05, 3.63) is 82.9 Å². The number of rotatable bonds is 9. The van der Waals surface area contributed by atoms with Gasteiger partial charge in [0.05, 0.1) is 40.2 Å². The van der Waals surface area contributed by atoms with Gasteiger partial charge in [0.1, 0.15) is 5.75 Å². The van der Waals surface area contributed by atoms with Gasteiger partial charge < -0.3 is 19.5 Å². The quantitative estimate of drug-likeness (QED) is 0.291. The largest absolute Gasteiger partial charge is 0.490 e. The van der Waals surface area contributed by atoms with Crippen molar-refractivity contribution in [2.45, 2.75) is 75.0 Å². The molecule has 0 fully saturated rings. The molecule has 0 saturated heterocycles. The summed E-state index contributed by atoms with van der Waals surface area (Å²) in [6, 6.07) is 16.2. The van der Waals surface area contributed by atoms with Crippen molar-refractivity contribution < 1.29 is 36.2 Å². The van der Waals surface area contributed by atoms with E-state index in [0.29, 0.717) is 24.5 Å². The Kier molecular flexibility index (Phi) is 13.1. The number of hydrogen-bond acceptors (Lipinski definition) is 8. The molecule has 268 valence electrons. The average molecular weight is 736 g/mol. The van der Waals surface area contributed by atoms with Crippen molar-refractivity contribution in [1.82, 2.24) is 9.21 Å². The van der Waals surface area contributed by atoms with E-state index in [-0.39, 0.29) is 58.5 Å². The van der Waals surface area contributed by atoms with Gasteiger partial charge in [-0.25, -0.2) is 16.8 Å². The number of aryl methyl sites for hydroxylation is 1. The van der Waals surface area contributed by atoms with E-state index < -0.39 is 38.1 Å². The van der Waals surface area contributed by atoms with Crippen molar-refractivity contribution in [3.8, 4) is 5.75 Å². The summed E-state index contributed by atoms with van der Waals surface area (Å²) in [5.74, 6) is -0.574. The number of aliphatic hydroxyl groups is 1. The van der Waals surface area contributed by atoms with Crippen LogP contribution in [0, 0.1) is 12.8 Å². The molecule has 1 heterocycles. The van der Waals surface area contributed by atoms with E-state index in [2.05, 4.69) is 4.72 Å². The first kappa shape index (κ1) is 38.6. The predicted octanol–water partition coefficient (Wildman–Crippen LogP) is 5.57. The Balaban J connectivity index is 1.67. The number of benzene rings is 3. The molecule has 0 bridgehead atoms. The Morgan fingerprint density at radius 1 is 1.00 bits per heavy atom. The number of sulfonamides is 2. The molecule has 0 radical (unpaired) electrons. The summed E-state index contributed by atoms with van der Waals surface area (Å²) in [5, 5.41) is 10.6. The Labute approximate surface area is 295 Å². The number of carbonyl (C=O) groups excluding carboxylic acids is 1. The zero-order valence-electron chi connectivity index (χ0n) is 28.5. The number of likely N-dealkylation sites (N-methyl/N-ethyl adjacent to an activating group) is 1. The highest BCUT2D eigenvalue weighted by Gasteiger charge is 2.32. The summed E-state index contributed by atoms with van der Waals surface area (Å²) in [6.07, 6.45) is 1.26. The highest BCUT2D eigenvalue weighted by molar-refractivity contribution is 7.92. The van der Waals surface area contributed by atoms with Gasteiger partial charge in [-0.1, -0.05) is 36.2 Å². The van der Waals surface area contributed by atoms with Gasteiger partial charge in [0, 0.05) is 43.4 Å². The molecule has 4 rings (SSSR count). The van der Waals surface area contributed by atoms with Crippen molar-refractivity contribution in [2.24, 2.45) is 5.92 Å². The second-order valence-corrected chi connectivity index (χ2v) is 16.8. The van der Waals surface area contributed by atoms with Crippen LogP contribution in [0.5, 0.6) is 5.75 Å². The third-order valence-electron chi connectivity index (χ3n) is 8.59. The van der Waals surface area contributed by atoms with Crippen LogP contribution in [0.3, 0.4) is 0 Å². The summed E-state index contributed by atoms with van der Waals surface area (Å²) in [6.45, 7) is 7.55. The van der Waals surface area contributed by atoms with Crippen LogP contribution in [0.4, 0.5) is 5.69 Å². The molecule has 1 aliphatic rings. The van der Waals surface area contributed by atoms with Gasteiger partial charge >= 0.3 is 0 Å². The first-order chi connectivity index (χ1) is 23.1. The average Bonchev–Trinajstić information content (AvgIpc) is 3.06. The molecule has 4 atom stereocenters. The molecule has 0 aromatic heterocycles. The minimum absolute atomic E-state index is 0.00191. The van der Waals surface area contributed by atoms with Gasteiger partial charge in [-0.3, -0.25) is 9.52 Å². The third-order valence-corrected chi connectivity index (χ3v) is 12.1. The molecule has 0 unspecified atom stereocenters. The van der Waals surface area contributed by atoms with E-state index in [4.69, 9.17) is 21.1 Å². The number of hydrogen-bond donors (Lipinski definition) is 2. The first-order valence-electron chi connectivity index (χ1n) is 16.3. The van der Waals surface area contributed by atoms with Crippen LogP contribution in [0.15, 0.2) is 76.5 Å². The molecular formula is C35H46ClN3O8S2. The minimum atomic E-state index is -4.01. The van der Waals surface area contributed by atoms with Crippen molar-refractivity contribution in [3.63, 3.8) is 0 Å². The van der Waals surface area contributed by atoms with Crippen LogP contribution in [0.2, 0.25) is 5.02 Å². The number of ether oxygens (including phenoxy) is 2. The van der Waals surface area contributed by atoms with E-state index in [0.717, 1.165) is 12.0 Å². The summed E-state index contributed by atoms with van der Waals surface area (Å²) in [7, 11) is -6.32. The number of carbonyl (C=O) groups is 1. The summed E-state index contributed by atoms with van der Waals surface area (Å²) in [5.41, 5.74) is 1.21. The zero-order chi connectivity index (χ0) is 35.9. The second-order valence-electron chi connectivity index (χ2n) is 12.7. The number of nitrogens with zero attached hydrogens (tertiary/aromatic N) is 2. The number of amides is 1. The fourth-order valence-electron chi connectivity index (χ4n) is 5.52. The monoisotopic (exact) mass is 735 g/mol. The lowest BCUT2D eigenvalue weighted by atomic mass is 10.0. The molecule has 3 aromatic rings. The molecule has 0 aliphatic carbocycles. The van der Waals surface area contributed by atoms with Crippen molar-refractivity contribution >= 4 is 43.2 Å². The van der Waals surface area contributed by atoms with E-state index in [1.165, 1.54) is 52.7 Å². The Bertz CT molecular complexity index is 1790. The molecule has 49 heavy (non-hydrogen) atoms. The molecule has 2 N–H and O–H groups in total. The molecule has 1 amide bonds. The van der Waals surface area contributed by atoms with Crippen LogP contribution in [0.1, 0.15) is 56.0 Å². The SMILES string of the molecule is Cc1ccc(S(=O)(=O)N(C)C[C@H]2OCCCC[C@H](C)Oc3ccc(NS(=O)(=O)c4ccc(Cl)cc4)cc3C(=O)N([C@@H](C)CO)C[C@@H]2C)cc1. The fraction of sp³-hybridized carbons (Fsp3) is 0.457. The maximum absolute atomic E-state index is 14.4.